The lowest BCUT2D eigenvalue weighted by molar-refractivity contribution is 0.107. The summed E-state index contributed by atoms with van der Waals surface area (Å²) in [4.78, 5) is 2.86. The standard InChI is InChI=1S/C11H18N2O4S/c1-8-9(2-3-17-8)5-13-18(15,16)11-4-10(7-14)12-6-11/h4,6,8-9,12-14H,2-3,5,7H2,1H3. The maximum absolute atomic E-state index is 12.0. The lowest BCUT2D eigenvalue weighted by Crippen LogP contribution is -2.31. The fourth-order valence-corrected chi connectivity index (χ4v) is 3.12. The van der Waals surface area contributed by atoms with Crippen LogP contribution in [0, 0.1) is 5.92 Å². The van der Waals surface area contributed by atoms with Crippen molar-refractivity contribution in [2.75, 3.05) is 13.2 Å². The number of hydrogen-bond donors (Lipinski definition) is 3. The Labute approximate surface area is 106 Å². The summed E-state index contributed by atoms with van der Waals surface area (Å²) in [6.45, 7) is 2.81. The molecule has 2 atom stereocenters. The Morgan fingerprint density at radius 2 is 2.39 bits per heavy atom. The minimum absolute atomic E-state index is 0.0897. The third kappa shape index (κ3) is 2.92. The summed E-state index contributed by atoms with van der Waals surface area (Å²) in [5.41, 5.74) is 0.480. The monoisotopic (exact) mass is 274 g/mol. The number of hydrogen-bond acceptors (Lipinski definition) is 4. The molecule has 1 aliphatic heterocycles. The van der Waals surface area contributed by atoms with Crippen molar-refractivity contribution in [1.29, 1.82) is 0 Å². The summed E-state index contributed by atoms with van der Waals surface area (Å²) in [6.07, 6.45) is 2.34. The number of sulfonamides is 1. The van der Waals surface area contributed by atoms with Gasteiger partial charge in [-0.15, -0.1) is 0 Å². The quantitative estimate of drug-likeness (QED) is 0.716. The van der Waals surface area contributed by atoms with Gasteiger partial charge < -0.3 is 14.8 Å². The maximum atomic E-state index is 12.0. The van der Waals surface area contributed by atoms with Crippen molar-refractivity contribution in [1.82, 2.24) is 9.71 Å². The Morgan fingerprint density at radius 1 is 1.61 bits per heavy atom. The second-order valence-electron chi connectivity index (χ2n) is 4.50. The van der Waals surface area contributed by atoms with Gasteiger partial charge in [0.2, 0.25) is 10.0 Å². The van der Waals surface area contributed by atoms with Crippen LogP contribution in [-0.2, 0) is 21.4 Å². The third-order valence-corrected chi connectivity index (χ3v) is 4.67. The molecule has 18 heavy (non-hydrogen) atoms. The molecule has 2 unspecified atom stereocenters. The minimum atomic E-state index is -3.51. The van der Waals surface area contributed by atoms with E-state index in [-0.39, 0.29) is 23.5 Å². The number of aliphatic hydroxyl groups excluding tert-OH is 1. The molecule has 1 aromatic heterocycles. The summed E-state index contributed by atoms with van der Waals surface area (Å²) in [7, 11) is -3.51. The second-order valence-corrected chi connectivity index (χ2v) is 6.26. The fraction of sp³-hybridized carbons (Fsp3) is 0.636. The molecule has 1 aliphatic rings. The number of nitrogens with one attached hydrogen (secondary N) is 2. The number of aliphatic hydroxyl groups is 1. The molecule has 7 heteroatoms. The average molecular weight is 274 g/mol. The Hall–Kier alpha value is -0.890. The van der Waals surface area contributed by atoms with Crippen LogP contribution >= 0.6 is 0 Å². The highest BCUT2D eigenvalue weighted by Gasteiger charge is 2.26. The van der Waals surface area contributed by atoms with Gasteiger partial charge in [0.25, 0.3) is 0 Å². The van der Waals surface area contributed by atoms with Gasteiger partial charge >= 0.3 is 0 Å². The SMILES string of the molecule is CC1OCCC1CNS(=O)(=O)c1c[nH]c(CO)c1. The van der Waals surface area contributed by atoms with Crippen LogP contribution in [0.4, 0.5) is 0 Å². The molecule has 3 N–H and O–H groups in total. The van der Waals surface area contributed by atoms with Crippen molar-refractivity contribution >= 4 is 10.0 Å². The molecule has 0 aromatic carbocycles. The van der Waals surface area contributed by atoms with Gasteiger partial charge in [0.15, 0.2) is 0 Å². The van der Waals surface area contributed by atoms with Gasteiger partial charge in [-0.1, -0.05) is 0 Å². The molecule has 0 aliphatic carbocycles. The van der Waals surface area contributed by atoms with Gasteiger partial charge in [-0.25, -0.2) is 13.1 Å². The van der Waals surface area contributed by atoms with E-state index in [9.17, 15) is 8.42 Å². The van der Waals surface area contributed by atoms with Crippen LogP contribution in [0.2, 0.25) is 0 Å². The van der Waals surface area contributed by atoms with Crippen LogP contribution in [0.15, 0.2) is 17.2 Å². The molecule has 0 amide bonds. The lowest BCUT2D eigenvalue weighted by Gasteiger charge is -2.14. The van der Waals surface area contributed by atoms with Crippen LogP contribution in [-0.4, -0.2) is 37.8 Å². The highest BCUT2D eigenvalue weighted by Crippen LogP contribution is 2.20. The van der Waals surface area contributed by atoms with Crippen molar-refractivity contribution in [2.45, 2.75) is 31.0 Å². The molecule has 0 saturated carbocycles. The van der Waals surface area contributed by atoms with Crippen molar-refractivity contribution in [3.05, 3.63) is 18.0 Å². The topological polar surface area (TPSA) is 91.4 Å². The van der Waals surface area contributed by atoms with Gasteiger partial charge in [0.05, 0.1) is 17.6 Å². The number of ether oxygens (including phenoxy) is 1. The molecule has 1 aromatic rings. The minimum Gasteiger partial charge on any atom is -0.390 e. The molecule has 102 valence electrons. The molecule has 6 nitrogen and oxygen atoms in total. The summed E-state index contributed by atoms with van der Waals surface area (Å²) in [5, 5.41) is 8.89. The zero-order chi connectivity index (χ0) is 13.2. The highest BCUT2D eigenvalue weighted by molar-refractivity contribution is 7.89. The van der Waals surface area contributed by atoms with Gasteiger partial charge in [-0.3, -0.25) is 0 Å². The van der Waals surface area contributed by atoms with Crippen molar-refractivity contribution < 1.29 is 18.3 Å². The molecule has 0 bridgehead atoms. The van der Waals surface area contributed by atoms with Crippen LogP contribution in [0.1, 0.15) is 19.0 Å². The molecular formula is C11H18N2O4S. The summed E-state index contributed by atoms with van der Waals surface area (Å²) in [6, 6.07) is 1.43. The first-order valence-electron chi connectivity index (χ1n) is 5.92. The first-order valence-corrected chi connectivity index (χ1v) is 7.40. The van der Waals surface area contributed by atoms with E-state index in [0.29, 0.717) is 18.8 Å². The van der Waals surface area contributed by atoms with E-state index in [0.717, 1.165) is 6.42 Å². The molecule has 0 spiro atoms. The number of aromatic nitrogens is 1. The van der Waals surface area contributed by atoms with Gasteiger partial charge in [-0.05, 0) is 19.4 Å². The fourth-order valence-electron chi connectivity index (χ4n) is 2.01. The van der Waals surface area contributed by atoms with Crippen molar-refractivity contribution in [2.24, 2.45) is 5.92 Å². The van der Waals surface area contributed by atoms with Crippen LogP contribution in [0.3, 0.4) is 0 Å². The summed E-state index contributed by atoms with van der Waals surface area (Å²) >= 11 is 0. The highest BCUT2D eigenvalue weighted by atomic mass is 32.2. The zero-order valence-corrected chi connectivity index (χ0v) is 11.0. The first kappa shape index (κ1) is 13.5. The molecule has 0 radical (unpaired) electrons. The molecule has 1 saturated heterocycles. The van der Waals surface area contributed by atoms with Crippen LogP contribution in [0.5, 0.6) is 0 Å². The van der Waals surface area contributed by atoms with Crippen molar-refractivity contribution in [3.63, 3.8) is 0 Å². The van der Waals surface area contributed by atoms with Gasteiger partial charge in [0, 0.05) is 31.0 Å². The maximum Gasteiger partial charge on any atom is 0.242 e. The average Bonchev–Trinajstić information content (AvgIpc) is 2.95. The van der Waals surface area contributed by atoms with Crippen molar-refractivity contribution in [3.8, 4) is 0 Å². The normalized spacial score (nSPS) is 24.6. The predicted octanol–water partition coefficient (Wildman–Crippen LogP) is 0.210. The number of aromatic amines is 1. The Morgan fingerprint density at radius 3 is 2.94 bits per heavy atom. The molecule has 1 fully saturated rings. The molecular weight excluding hydrogens is 256 g/mol. The summed E-state index contributed by atoms with van der Waals surface area (Å²) in [5.74, 6) is 0.219. The van der Waals surface area contributed by atoms with Crippen LogP contribution in [0.25, 0.3) is 0 Å². The Balaban J connectivity index is 1.98. The third-order valence-electron chi connectivity index (χ3n) is 3.27. The zero-order valence-electron chi connectivity index (χ0n) is 10.2. The van der Waals surface area contributed by atoms with Crippen LogP contribution < -0.4 is 4.72 Å². The smallest absolute Gasteiger partial charge is 0.242 e. The molecule has 2 rings (SSSR count). The van der Waals surface area contributed by atoms with E-state index in [1.54, 1.807) is 0 Å². The van der Waals surface area contributed by atoms with E-state index >= 15 is 0 Å². The van der Waals surface area contributed by atoms with E-state index in [4.69, 9.17) is 9.84 Å². The first-order chi connectivity index (χ1) is 8.53. The van der Waals surface area contributed by atoms with E-state index in [2.05, 4.69) is 9.71 Å². The Bertz CT molecular complexity index is 497. The van der Waals surface area contributed by atoms with E-state index in [1.165, 1.54) is 12.3 Å². The van der Waals surface area contributed by atoms with E-state index < -0.39 is 10.0 Å². The second kappa shape index (κ2) is 5.40. The lowest BCUT2D eigenvalue weighted by atomic mass is 10.0. The predicted molar refractivity (Wildman–Crippen MR) is 65.4 cm³/mol. The van der Waals surface area contributed by atoms with Gasteiger partial charge in [-0.2, -0.15) is 0 Å². The Kier molecular flexibility index (Phi) is 4.06. The largest absolute Gasteiger partial charge is 0.390 e. The van der Waals surface area contributed by atoms with E-state index in [1.807, 2.05) is 6.92 Å². The summed E-state index contributed by atoms with van der Waals surface area (Å²) < 4.78 is 31.9. The number of H-pyrrole nitrogens is 1. The molecule has 2 heterocycles. The number of rotatable bonds is 5. The van der Waals surface area contributed by atoms with Gasteiger partial charge in [0.1, 0.15) is 0 Å².